The number of aliphatic hydroxyl groups is 1. The summed E-state index contributed by atoms with van der Waals surface area (Å²) in [6.07, 6.45) is 8.18. The first kappa shape index (κ1) is 12.4. The average molecular weight is 254 g/mol. The fourth-order valence-corrected chi connectivity index (χ4v) is 4.88. The Balaban J connectivity index is 1.49. The van der Waals surface area contributed by atoms with Gasteiger partial charge >= 0.3 is 5.97 Å². The molecule has 1 N–H and O–H groups in total. The number of hydrogen-bond acceptors (Lipinski definition) is 4. The molecule has 0 aromatic carbocycles. The van der Waals surface area contributed by atoms with Gasteiger partial charge in [0.05, 0.1) is 6.61 Å². The summed E-state index contributed by atoms with van der Waals surface area (Å²) < 4.78 is 10.3. The lowest BCUT2D eigenvalue weighted by Crippen LogP contribution is -2.48. The number of carbonyl (C=O) groups is 1. The van der Waals surface area contributed by atoms with Crippen molar-refractivity contribution >= 4 is 5.97 Å². The van der Waals surface area contributed by atoms with Crippen LogP contribution in [0.1, 0.15) is 38.5 Å². The quantitative estimate of drug-likeness (QED) is 0.461. The van der Waals surface area contributed by atoms with Crippen LogP contribution in [0, 0.1) is 23.2 Å². The van der Waals surface area contributed by atoms with Crippen molar-refractivity contribution in [1.82, 2.24) is 0 Å². The van der Waals surface area contributed by atoms with E-state index in [0.717, 1.165) is 24.4 Å². The van der Waals surface area contributed by atoms with Crippen molar-refractivity contribution in [2.45, 2.75) is 38.5 Å². The van der Waals surface area contributed by atoms with Crippen LogP contribution in [0.4, 0.5) is 0 Å². The molecule has 0 aromatic heterocycles. The zero-order chi connectivity index (χ0) is 12.6. The number of ether oxygens (including phenoxy) is 2. The summed E-state index contributed by atoms with van der Waals surface area (Å²) in [7, 11) is 0. The summed E-state index contributed by atoms with van der Waals surface area (Å²) in [4.78, 5) is 10.8. The predicted molar refractivity (Wildman–Crippen MR) is 64.6 cm³/mol. The van der Waals surface area contributed by atoms with Crippen LogP contribution in [0.25, 0.3) is 0 Å². The van der Waals surface area contributed by atoms with E-state index in [-0.39, 0.29) is 6.79 Å². The van der Waals surface area contributed by atoms with Gasteiger partial charge in [-0.05, 0) is 61.7 Å². The molecule has 4 fully saturated rings. The lowest BCUT2D eigenvalue weighted by Gasteiger charge is -2.56. The number of esters is 1. The molecular weight excluding hydrogens is 232 g/mol. The lowest BCUT2D eigenvalue weighted by atomic mass is 9.50. The molecule has 0 heterocycles. The Bertz CT molecular complexity index is 290. The van der Waals surface area contributed by atoms with Crippen molar-refractivity contribution in [3.8, 4) is 0 Å². The molecule has 102 valence electrons. The topological polar surface area (TPSA) is 55.8 Å². The first-order chi connectivity index (χ1) is 8.69. The molecule has 0 amide bonds. The van der Waals surface area contributed by atoms with Crippen LogP contribution in [0.5, 0.6) is 0 Å². The molecule has 0 saturated heterocycles. The zero-order valence-corrected chi connectivity index (χ0v) is 10.8. The zero-order valence-electron chi connectivity index (χ0n) is 10.8. The first-order valence-corrected chi connectivity index (χ1v) is 7.03. The molecule has 18 heavy (non-hydrogen) atoms. The van der Waals surface area contributed by atoms with Crippen molar-refractivity contribution in [2.75, 3.05) is 20.0 Å². The minimum absolute atomic E-state index is 0.0128. The maximum atomic E-state index is 10.8. The van der Waals surface area contributed by atoms with E-state index in [4.69, 9.17) is 14.6 Å². The van der Waals surface area contributed by atoms with Gasteiger partial charge in [-0.15, -0.1) is 0 Å². The maximum absolute atomic E-state index is 10.8. The van der Waals surface area contributed by atoms with Gasteiger partial charge in [0.15, 0.2) is 6.79 Å². The molecule has 0 unspecified atom stereocenters. The van der Waals surface area contributed by atoms with Gasteiger partial charge < -0.3 is 14.6 Å². The molecule has 0 atom stereocenters. The molecule has 0 aromatic rings. The second kappa shape index (κ2) is 4.82. The van der Waals surface area contributed by atoms with Crippen molar-refractivity contribution in [3.63, 3.8) is 0 Å². The van der Waals surface area contributed by atoms with Crippen LogP contribution in [0.3, 0.4) is 0 Å². The van der Waals surface area contributed by atoms with E-state index in [1.54, 1.807) is 0 Å². The van der Waals surface area contributed by atoms with Crippen LogP contribution in [-0.4, -0.2) is 31.1 Å². The molecule has 4 aliphatic carbocycles. The van der Waals surface area contributed by atoms with E-state index in [2.05, 4.69) is 0 Å². The van der Waals surface area contributed by atoms with E-state index in [1.807, 2.05) is 0 Å². The second-order valence-corrected chi connectivity index (χ2v) is 6.56. The van der Waals surface area contributed by atoms with Gasteiger partial charge in [0.1, 0.15) is 6.61 Å². The van der Waals surface area contributed by atoms with Crippen molar-refractivity contribution in [2.24, 2.45) is 23.2 Å². The predicted octanol–water partition coefficient (Wildman–Crippen LogP) is 1.71. The molecule has 4 aliphatic rings. The summed E-state index contributed by atoms with van der Waals surface area (Å²) in [6.45, 7) is 0.136. The Morgan fingerprint density at radius 3 is 2.17 bits per heavy atom. The molecule has 0 spiro atoms. The monoisotopic (exact) mass is 254 g/mol. The van der Waals surface area contributed by atoms with Gasteiger partial charge in [-0.3, -0.25) is 0 Å². The van der Waals surface area contributed by atoms with E-state index >= 15 is 0 Å². The Morgan fingerprint density at radius 1 is 1.11 bits per heavy atom. The Hall–Kier alpha value is -0.610. The largest absolute Gasteiger partial charge is 0.437 e. The van der Waals surface area contributed by atoms with Gasteiger partial charge in [-0.25, -0.2) is 4.79 Å². The Labute approximate surface area is 108 Å². The van der Waals surface area contributed by atoms with Gasteiger partial charge in [-0.2, -0.15) is 0 Å². The highest BCUT2D eigenvalue weighted by Gasteiger charge is 2.50. The van der Waals surface area contributed by atoms with E-state index in [9.17, 15) is 4.79 Å². The molecule has 4 heteroatoms. The lowest BCUT2D eigenvalue weighted by molar-refractivity contribution is -0.169. The number of rotatable bonds is 5. The highest BCUT2D eigenvalue weighted by Crippen LogP contribution is 2.59. The number of carbonyl (C=O) groups excluding carboxylic acids is 1. The van der Waals surface area contributed by atoms with Gasteiger partial charge in [-0.1, -0.05) is 0 Å². The van der Waals surface area contributed by atoms with Gasteiger partial charge in [0.25, 0.3) is 0 Å². The van der Waals surface area contributed by atoms with Crippen molar-refractivity contribution in [1.29, 1.82) is 0 Å². The Morgan fingerprint density at radius 2 is 1.67 bits per heavy atom. The van der Waals surface area contributed by atoms with Crippen LogP contribution in [0.15, 0.2) is 0 Å². The highest BCUT2D eigenvalue weighted by atomic mass is 16.7. The first-order valence-electron chi connectivity index (χ1n) is 7.03. The summed E-state index contributed by atoms with van der Waals surface area (Å²) in [5.74, 6) is 2.14. The Kier molecular flexibility index (Phi) is 3.32. The molecule has 0 aliphatic heterocycles. The standard InChI is InChI=1S/C14H22O4/c15-7-13(16)18-9-17-8-14-4-10-1-11(5-14)3-12(2-10)6-14/h10-12,15H,1-9H2. The normalized spacial score (nSPS) is 41.1. The minimum Gasteiger partial charge on any atom is -0.437 e. The summed E-state index contributed by atoms with van der Waals surface area (Å²) >= 11 is 0. The summed E-state index contributed by atoms with van der Waals surface area (Å²) in [6, 6.07) is 0. The maximum Gasteiger partial charge on any atom is 0.333 e. The fraction of sp³-hybridized carbons (Fsp3) is 0.929. The van der Waals surface area contributed by atoms with Crippen molar-refractivity contribution in [3.05, 3.63) is 0 Å². The van der Waals surface area contributed by atoms with Crippen LogP contribution in [0.2, 0.25) is 0 Å². The third-order valence-corrected chi connectivity index (χ3v) is 5.01. The molecule has 0 radical (unpaired) electrons. The average Bonchev–Trinajstić information content (AvgIpc) is 2.32. The minimum atomic E-state index is -0.611. The fourth-order valence-electron chi connectivity index (χ4n) is 4.88. The van der Waals surface area contributed by atoms with E-state index in [0.29, 0.717) is 5.41 Å². The van der Waals surface area contributed by atoms with Crippen LogP contribution < -0.4 is 0 Å². The number of hydrogen-bond donors (Lipinski definition) is 1. The molecule has 4 saturated carbocycles. The summed E-state index contributed by atoms with van der Waals surface area (Å²) in [5.41, 5.74) is 0.361. The van der Waals surface area contributed by atoms with Crippen LogP contribution >= 0.6 is 0 Å². The third-order valence-electron chi connectivity index (χ3n) is 5.01. The second-order valence-electron chi connectivity index (χ2n) is 6.56. The van der Waals surface area contributed by atoms with E-state index in [1.165, 1.54) is 38.5 Å². The molecule has 4 nitrogen and oxygen atoms in total. The SMILES string of the molecule is O=C(CO)OCOCC12CC3CC(CC(C3)C1)C2. The smallest absolute Gasteiger partial charge is 0.333 e. The molecule has 4 rings (SSSR count). The van der Waals surface area contributed by atoms with Gasteiger partial charge in [0, 0.05) is 0 Å². The highest BCUT2D eigenvalue weighted by molar-refractivity contribution is 5.70. The van der Waals surface area contributed by atoms with Gasteiger partial charge in [0.2, 0.25) is 0 Å². The number of aliphatic hydroxyl groups excluding tert-OH is 1. The van der Waals surface area contributed by atoms with E-state index < -0.39 is 12.6 Å². The van der Waals surface area contributed by atoms with Crippen LogP contribution in [-0.2, 0) is 14.3 Å². The third kappa shape index (κ3) is 2.41. The van der Waals surface area contributed by atoms with Crippen molar-refractivity contribution < 1.29 is 19.4 Å². The summed E-state index contributed by atoms with van der Waals surface area (Å²) in [5, 5.41) is 8.53. The molecule has 4 bridgehead atoms. The molecular formula is C14H22O4.